The summed E-state index contributed by atoms with van der Waals surface area (Å²) >= 11 is 3.52. The third kappa shape index (κ3) is 2.77. The van der Waals surface area contributed by atoms with Gasteiger partial charge in [0.05, 0.1) is 11.4 Å². The number of nitrogens with zero attached hydrogens (tertiary/aromatic N) is 1. The van der Waals surface area contributed by atoms with Crippen LogP contribution >= 0.6 is 15.9 Å². The average molecular weight is 290 g/mol. The highest BCUT2D eigenvalue weighted by Crippen LogP contribution is 2.54. The number of amides is 1. The monoisotopic (exact) mass is 289 g/mol. The summed E-state index contributed by atoms with van der Waals surface area (Å²) in [6.07, 6.45) is 3.63. The Morgan fingerprint density at radius 2 is 2.06 bits per heavy atom. The molecule has 3 nitrogen and oxygen atoms in total. The fourth-order valence-corrected chi connectivity index (χ4v) is 3.55. The lowest BCUT2D eigenvalue weighted by atomic mass is 10.0. The van der Waals surface area contributed by atoms with E-state index in [1.165, 1.54) is 6.42 Å². The van der Waals surface area contributed by atoms with Gasteiger partial charge in [-0.2, -0.15) is 0 Å². The van der Waals surface area contributed by atoms with Gasteiger partial charge in [-0.25, -0.2) is 0 Å². The van der Waals surface area contributed by atoms with E-state index in [4.69, 9.17) is 4.74 Å². The summed E-state index contributed by atoms with van der Waals surface area (Å²) in [6, 6.07) is 0. The van der Waals surface area contributed by atoms with Gasteiger partial charge in [-0.1, -0.05) is 15.9 Å². The van der Waals surface area contributed by atoms with Gasteiger partial charge < -0.3 is 9.64 Å². The number of rotatable bonds is 5. The quantitative estimate of drug-likeness (QED) is 0.724. The number of ether oxygens (including phenoxy) is 1. The maximum absolute atomic E-state index is 12.1. The van der Waals surface area contributed by atoms with Crippen LogP contribution in [0.4, 0.5) is 0 Å². The molecule has 3 atom stereocenters. The number of hydrogen-bond acceptors (Lipinski definition) is 2. The zero-order chi connectivity index (χ0) is 11.7. The molecule has 2 aliphatic carbocycles. The third-order valence-electron chi connectivity index (χ3n) is 3.79. The maximum Gasteiger partial charge on any atom is 0.225 e. The van der Waals surface area contributed by atoms with Crippen LogP contribution in [0.3, 0.4) is 0 Å². The Balaban J connectivity index is 1.75. The summed E-state index contributed by atoms with van der Waals surface area (Å²) < 4.78 is 5.05. The molecule has 0 saturated heterocycles. The molecule has 4 heteroatoms. The predicted octanol–water partition coefficient (Wildman–Crippen LogP) is 1.90. The van der Waals surface area contributed by atoms with Crippen molar-refractivity contribution in [2.75, 3.05) is 27.3 Å². The molecule has 0 aromatic rings. The van der Waals surface area contributed by atoms with E-state index in [0.717, 1.165) is 31.2 Å². The molecular formula is C12H20BrNO2. The number of halogens is 1. The summed E-state index contributed by atoms with van der Waals surface area (Å²) in [7, 11) is 3.58. The number of carbonyl (C=O) groups is 1. The standard InChI is InChI=1S/C12H20BrNO2/c1-14(6-11(13)7-16-2)12(15)10-4-8-3-9(8)5-10/h8-11H,3-7H2,1-2H3. The Kier molecular flexibility index (Phi) is 3.90. The van der Waals surface area contributed by atoms with Crippen LogP contribution in [-0.2, 0) is 9.53 Å². The average Bonchev–Trinajstić information content (AvgIpc) is 2.85. The Labute approximate surface area is 106 Å². The van der Waals surface area contributed by atoms with E-state index in [1.807, 2.05) is 11.9 Å². The summed E-state index contributed by atoms with van der Waals surface area (Å²) in [5, 5.41) is 0. The highest BCUT2D eigenvalue weighted by molar-refractivity contribution is 9.09. The second-order valence-electron chi connectivity index (χ2n) is 5.20. The van der Waals surface area contributed by atoms with Crippen LogP contribution in [-0.4, -0.2) is 42.9 Å². The molecule has 3 unspecified atom stereocenters. The van der Waals surface area contributed by atoms with Crippen LogP contribution in [0.15, 0.2) is 0 Å². The van der Waals surface area contributed by atoms with Crippen molar-refractivity contribution in [2.45, 2.75) is 24.1 Å². The number of methoxy groups -OCH3 is 1. The van der Waals surface area contributed by atoms with Gasteiger partial charge in [0.25, 0.3) is 0 Å². The first-order valence-corrected chi connectivity index (χ1v) is 6.91. The van der Waals surface area contributed by atoms with Gasteiger partial charge in [-0.15, -0.1) is 0 Å². The molecule has 16 heavy (non-hydrogen) atoms. The van der Waals surface area contributed by atoms with E-state index in [-0.39, 0.29) is 4.83 Å². The SMILES string of the molecule is COCC(Br)CN(C)C(=O)C1CC2CC2C1. The molecule has 2 saturated carbocycles. The van der Waals surface area contributed by atoms with Crippen molar-refractivity contribution in [2.24, 2.45) is 17.8 Å². The van der Waals surface area contributed by atoms with E-state index in [0.29, 0.717) is 18.4 Å². The topological polar surface area (TPSA) is 29.5 Å². The van der Waals surface area contributed by atoms with Crippen LogP contribution in [0.5, 0.6) is 0 Å². The molecule has 0 spiro atoms. The molecule has 2 rings (SSSR count). The first-order valence-electron chi connectivity index (χ1n) is 5.99. The number of alkyl halides is 1. The Morgan fingerprint density at radius 3 is 2.62 bits per heavy atom. The van der Waals surface area contributed by atoms with Crippen molar-refractivity contribution in [3.05, 3.63) is 0 Å². The van der Waals surface area contributed by atoms with Gasteiger partial charge in [0, 0.05) is 26.6 Å². The molecule has 0 N–H and O–H groups in total. The molecule has 0 aromatic carbocycles. The number of fused-ring (bicyclic) bond motifs is 1. The highest BCUT2D eigenvalue weighted by atomic mass is 79.9. The van der Waals surface area contributed by atoms with E-state index < -0.39 is 0 Å². The Morgan fingerprint density at radius 1 is 1.44 bits per heavy atom. The molecule has 0 heterocycles. The van der Waals surface area contributed by atoms with Crippen molar-refractivity contribution in [1.82, 2.24) is 4.90 Å². The molecule has 0 radical (unpaired) electrons. The minimum atomic E-state index is 0.238. The second kappa shape index (κ2) is 5.05. The first-order chi connectivity index (χ1) is 7.61. The van der Waals surface area contributed by atoms with Gasteiger partial charge in [0.15, 0.2) is 0 Å². The van der Waals surface area contributed by atoms with E-state index >= 15 is 0 Å². The maximum atomic E-state index is 12.1. The van der Waals surface area contributed by atoms with Gasteiger partial charge >= 0.3 is 0 Å². The van der Waals surface area contributed by atoms with Crippen molar-refractivity contribution < 1.29 is 9.53 Å². The minimum absolute atomic E-state index is 0.238. The molecule has 2 aliphatic rings. The first kappa shape index (κ1) is 12.4. The van der Waals surface area contributed by atoms with E-state index in [9.17, 15) is 4.79 Å². The third-order valence-corrected chi connectivity index (χ3v) is 4.34. The lowest BCUT2D eigenvalue weighted by Gasteiger charge is -2.24. The van der Waals surface area contributed by atoms with Crippen molar-refractivity contribution in [3.63, 3.8) is 0 Å². The molecular weight excluding hydrogens is 270 g/mol. The van der Waals surface area contributed by atoms with Crippen LogP contribution in [0, 0.1) is 17.8 Å². The Hall–Kier alpha value is -0.0900. The molecule has 0 aliphatic heterocycles. The molecule has 92 valence electrons. The van der Waals surface area contributed by atoms with Gasteiger partial charge in [-0.05, 0) is 31.1 Å². The summed E-state index contributed by atoms with van der Waals surface area (Å²) in [6.45, 7) is 1.38. The van der Waals surface area contributed by atoms with Gasteiger partial charge in [0.2, 0.25) is 5.91 Å². The fraction of sp³-hybridized carbons (Fsp3) is 0.917. The van der Waals surface area contributed by atoms with Crippen molar-refractivity contribution >= 4 is 21.8 Å². The van der Waals surface area contributed by atoms with Gasteiger partial charge in [-0.3, -0.25) is 4.79 Å². The van der Waals surface area contributed by atoms with Crippen LogP contribution in [0.25, 0.3) is 0 Å². The van der Waals surface area contributed by atoms with Gasteiger partial charge in [0.1, 0.15) is 0 Å². The summed E-state index contributed by atoms with van der Waals surface area (Å²) in [5.41, 5.74) is 0. The number of hydrogen-bond donors (Lipinski definition) is 0. The fourth-order valence-electron chi connectivity index (χ4n) is 2.85. The van der Waals surface area contributed by atoms with Crippen LogP contribution in [0.1, 0.15) is 19.3 Å². The molecule has 0 aromatic heterocycles. The van der Waals surface area contributed by atoms with Crippen LogP contribution < -0.4 is 0 Å². The predicted molar refractivity (Wildman–Crippen MR) is 66.5 cm³/mol. The van der Waals surface area contributed by atoms with E-state index in [1.54, 1.807) is 7.11 Å². The zero-order valence-electron chi connectivity index (χ0n) is 9.99. The summed E-state index contributed by atoms with van der Waals surface area (Å²) in [4.78, 5) is 14.2. The smallest absolute Gasteiger partial charge is 0.225 e. The molecule has 1 amide bonds. The molecule has 2 fully saturated rings. The Bertz CT molecular complexity index is 262. The molecule has 0 bridgehead atoms. The van der Waals surface area contributed by atoms with E-state index in [2.05, 4.69) is 15.9 Å². The van der Waals surface area contributed by atoms with Crippen molar-refractivity contribution in [3.8, 4) is 0 Å². The second-order valence-corrected chi connectivity index (χ2v) is 6.49. The lowest BCUT2D eigenvalue weighted by Crippen LogP contribution is -2.37. The largest absolute Gasteiger partial charge is 0.383 e. The summed E-state index contributed by atoms with van der Waals surface area (Å²) in [5.74, 6) is 2.38. The zero-order valence-corrected chi connectivity index (χ0v) is 11.6. The lowest BCUT2D eigenvalue weighted by molar-refractivity contribution is -0.134. The highest BCUT2D eigenvalue weighted by Gasteiger charge is 2.48. The number of carbonyl (C=O) groups excluding carboxylic acids is 1. The minimum Gasteiger partial charge on any atom is -0.383 e. The normalized spacial score (nSPS) is 33.3. The van der Waals surface area contributed by atoms with Crippen LogP contribution in [0.2, 0.25) is 0 Å². The van der Waals surface area contributed by atoms with Crippen molar-refractivity contribution in [1.29, 1.82) is 0 Å².